The van der Waals surface area contributed by atoms with Gasteiger partial charge >= 0.3 is 0 Å². The van der Waals surface area contributed by atoms with Gasteiger partial charge in [-0.15, -0.1) is 0 Å². The highest BCUT2D eigenvalue weighted by molar-refractivity contribution is 6.32. The number of rotatable bonds is 5. The van der Waals surface area contributed by atoms with E-state index < -0.39 is 17.5 Å². The van der Waals surface area contributed by atoms with Crippen LogP contribution in [0.1, 0.15) is 26.2 Å². The molecule has 20 heavy (non-hydrogen) atoms. The fraction of sp³-hybridized carbons (Fsp3) is 0.500. The summed E-state index contributed by atoms with van der Waals surface area (Å²) in [7, 11) is 0. The first-order valence-corrected chi connectivity index (χ1v) is 6.89. The second-order valence-electron chi connectivity index (χ2n) is 5.13. The van der Waals surface area contributed by atoms with Gasteiger partial charge in [0.25, 0.3) is 5.91 Å². The number of benzene rings is 1. The zero-order chi connectivity index (χ0) is 14.8. The lowest BCUT2D eigenvalue weighted by Gasteiger charge is -2.36. The molecule has 1 fully saturated rings. The predicted octanol–water partition coefficient (Wildman–Crippen LogP) is 2.28. The van der Waals surface area contributed by atoms with Gasteiger partial charge in [0.2, 0.25) is 0 Å². The molecule has 0 bridgehead atoms. The van der Waals surface area contributed by atoms with Gasteiger partial charge in [0.1, 0.15) is 11.6 Å². The number of ether oxygens (including phenoxy) is 1. The van der Waals surface area contributed by atoms with Crippen molar-refractivity contribution in [3.8, 4) is 5.75 Å². The van der Waals surface area contributed by atoms with Crippen molar-refractivity contribution >= 4 is 17.5 Å². The van der Waals surface area contributed by atoms with Gasteiger partial charge in [-0.25, -0.2) is 4.39 Å². The Morgan fingerprint density at radius 2 is 2.30 bits per heavy atom. The van der Waals surface area contributed by atoms with Crippen LogP contribution in [0.25, 0.3) is 0 Å². The van der Waals surface area contributed by atoms with Gasteiger partial charge in [0.05, 0.1) is 10.6 Å². The Kier molecular flexibility index (Phi) is 4.50. The molecule has 0 spiro atoms. The third kappa shape index (κ3) is 3.61. The molecule has 0 aromatic heterocycles. The van der Waals surface area contributed by atoms with Crippen molar-refractivity contribution in [2.75, 3.05) is 6.54 Å². The average molecular weight is 302 g/mol. The van der Waals surface area contributed by atoms with E-state index in [1.807, 2.05) is 0 Å². The van der Waals surface area contributed by atoms with Crippen LogP contribution in [0.3, 0.4) is 0 Å². The lowest BCUT2D eigenvalue weighted by Crippen LogP contribution is -2.50. The molecule has 0 heterocycles. The van der Waals surface area contributed by atoms with Crippen LogP contribution in [-0.4, -0.2) is 29.3 Å². The molecule has 0 radical (unpaired) electrons. The van der Waals surface area contributed by atoms with Gasteiger partial charge in [-0.1, -0.05) is 11.6 Å². The summed E-state index contributed by atoms with van der Waals surface area (Å²) in [4.78, 5) is 11.8. The van der Waals surface area contributed by atoms with E-state index in [1.165, 1.54) is 12.1 Å². The first-order chi connectivity index (χ1) is 9.39. The molecule has 4 nitrogen and oxygen atoms in total. The number of nitrogens with one attached hydrogen (secondary N) is 1. The zero-order valence-electron chi connectivity index (χ0n) is 11.2. The number of hydrogen-bond donors (Lipinski definition) is 2. The van der Waals surface area contributed by atoms with Crippen LogP contribution in [0.15, 0.2) is 18.2 Å². The number of halogens is 2. The van der Waals surface area contributed by atoms with E-state index in [2.05, 4.69) is 5.32 Å². The molecule has 1 aliphatic rings. The third-order valence-electron chi connectivity index (χ3n) is 3.44. The highest BCUT2D eigenvalue weighted by Gasteiger charge is 2.35. The molecule has 1 atom stereocenters. The first kappa shape index (κ1) is 15.1. The van der Waals surface area contributed by atoms with E-state index in [1.54, 1.807) is 6.92 Å². The van der Waals surface area contributed by atoms with Crippen molar-refractivity contribution in [3.05, 3.63) is 29.0 Å². The van der Waals surface area contributed by atoms with Gasteiger partial charge in [-0.05, 0) is 44.4 Å². The second kappa shape index (κ2) is 5.97. The highest BCUT2D eigenvalue weighted by Crippen LogP contribution is 2.30. The smallest absolute Gasteiger partial charge is 0.260 e. The summed E-state index contributed by atoms with van der Waals surface area (Å²) < 4.78 is 18.3. The minimum absolute atomic E-state index is 0.113. The fourth-order valence-electron chi connectivity index (χ4n) is 1.97. The maximum atomic E-state index is 12.9. The highest BCUT2D eigenvalue weighted by atomic mass is 35.5. The van der Waals surface area contributed by atoms with E-state index in [9.17, 15) is 14.3 Å². The monoisotopic (exact) mass is 301 g/mol. The summed E-state index contributed by atoms with van der Waals surface area (Å²) in [6.45, 7) is 1.79. The number of carbonyl (C=O) groups excluding carboxylic acids is 1. The van der Waals surface area contributed by atoms with Crippen molar-refractivity contribution in [1.82, 2.24) is 5.32 Å². The van der Waals surface area contributed by atoms with Crippen molar-refractivity contribution < 1.29 is 19.0 Å². The molecule has 1 aromatic carbocycles. The van der Waals surface area contributed by atoms with E-state index in [-0.39, 0.29) is 23.2 Å². The fourth-order valence-corrected chi connectivity index (χ4v) is 2.18. The first-order valence-electron chi connectivity index (χ1n) is 6.51. The zero-order valence-corrected chi connectivity index (χ0v) is 11.9. The molecule has 1 unspecified atom stereocenters. The van der Waals surface area contributed by atoms with Crippen LogP contribution in [0, 0.1) is 5.82 Å². The van der Waals surface area contributed by atoms with E-state index >= 15 is 0 Å². The lowest BCUT2D eigenvalue weighted by molar-refractivity contribution is -0.129. The van der Waals surface area contributed by atoms with Gasteiger partial charge in [0.15, 0.2) is 6.10 Å². The molecule has 1 amide bonds. The van der Waals surface area contributed by atoms with E-state index in [0.717, 1.165) is 12.5 Å². The van der Waals surface area contributed by atoms with Gasteiger partial charge in [-0.2, -0.15) is 0 Å². The van der Waals surface area contributed by atoms with Crippen molar-refractivity contribution in [2.24, 2.45) is 0 Å². The Hall–Kier alpha value is -1.33. The Morgan fingerprint density at radius 3 is 2.85 bits per heavy atom. The number of carbonyl (C=O) groups is 1. The maximum absolute atomic E-state index is 12.9. The number of aliphatic hydroxyl groups is 1. The number of hydrogen-bond acceptors (Lipinski definition) is 3. The molecule has 1 aromatic rings. The third-order valence-corrected chi connectivity index (χ3v) is 3.74. The van der Waals surface area contributed by atoms with Gasteiger partial charge < -0.3 is 15.2 Å². The topological polar surface area (TPSA) is 58.6 Å². The van der Waals surface area contributed by atoms with Crippen LogP contribution < -0.4 is 10.1 Å². The van der Waals surface area contributed by atoms with Gasteiger partial charge in [-0.3, -0.25) is 4.79 Å². The van der Waals surface area contributed by atoms with E-state index in [0.29, 0.717) is 12.8 Å². The minimum atomic E-state index is -0.776. The SMILES string of the molecule is CC(Oc1ccc(F)cc1Cl)C(=O)NCC1(O)CCC1. The molecule has 1 aliphatic carbocycles. The van der Waals surface area contributed by atoms with Crippen molar-refractivity contribution in [1.29, 1.82) is 0 Å². The maximum Gasteiger partial charge on any atom is 0.260 e. The second-order valence-corrected chi connectivity index (χ2v) is 5.54. The summed E-state index contributed by atoms with van der Waals surface area (Å²) in [6, 6.07) is 3.71. The molecule has 1 saturated carbocycles. The summed E-state index contributed by atoms with van der Waals surface area (Å²) in [5.74, 6) is -0.560. The Labute approximate surface area is 121 Å². The van der Waals surface area contributed by atoms with Crippen LogP contribution in [0.2, 0.25) is 5.02 Å². The van der Waals surface area contributed by atoms with Crippen molar-refractivity contribution in [2.45, 2.75) is 37.9 Å². The Balaban J connectivity index is 1.87. The van der Waals surface area contributed by atoms with Crippen LogP contribution in [-0.2, 0) is 4.79 Å². The normalized spacial score (nSPS) is 18.0. The molecule has 110 valence electrons. The molecular formula is C14H17ClFNO3. The quantitative estimate of drug-likeness (QED) is 0.877. The van der Waals surface area contributed by atoms with Crippen LogP contribution in [0.5, 0.6) is 5.75 Å². The molecular weight excluding hydrogens is 285 g/mol. The minimum Gasteiger partial charge on any atom is -0.479 e. The van der Waals surface area contributed by atoms with Crippen LogP contribution >= 0.6 is 11.6 Å². The lowest BCUT2D eigenvalue weighted by atomic mass is 9.80. The predicted molar refractivity (Wildman–Crippen MR) is 73.3 cm³/mol. The van der Waals surface area contributed by atoms with Crippen molar-refractivity contribution in [3.63, 3.8) is 0 Å². The van der Waals surface area contributed by atoms with Gasteiger partial charge in [0, 0.05) is 6.54 Å². The molecule has 2 N–H and O–H groups in total. The van der Waals surface area contributed by atoms with Crippen LogP contribution in [0.4, 0.5) is 4.39 Å². The average Bonchev–Trinajstić information content (AvgIpc) is 2.36. The number of amides is 1. The largest absolute Gasteiger partial charge is 0.479 e. The Morgan fingerprint density at radius 1 is 1.60 bits per heavy atom. The summed E-state index contributed by atoms with van der Waals surface area (Å²) in [5.41, 5.74) is -0.775. The standard InChI is InChI=1S/C14H17ClFNO3/c1-9(13(18)17-8-14(19)5-2-6-14)20-12-4-3-10(16)7-11(12)15/h3-4,7,9,19H,2,5-6,8H2,1H3,(H,17,18). The summed E-state index contributed by atoms with van der Waals surface area (Å²) in [6.07, 6.45) is 1.60. The Bertz CT molecular complexity index is 505. The summed E-state index contributed by atoms with van der Waals surface area (Å²) >= 11 is 5.82. The molecule has 6 heteroatoms. The molecule has 2 rings (SSSR count). The molecule has 0 aliphatic heterocycles. The summed E-state index contributed by atoms with van der Waals surface area (Å²) in [5, 5.41) is 12.6. The molecule has 0 saturated heterocycles. The van der Waals surface area contributed by atoms with E-state index in [4.69, 9.17) is 16.3 Å².